The number of fused-ring (bicyclic) bond motifs is 2. The van der Waals surface area contributed by atoms with Gasteiger partial charge in [-0.05, 0) is 42.0 Å². The Labute approximate surface area is 175 Å². The van der Waals surface area contributed by atoms with Crippen molar-refractivity contribution in [3.8, 4) is 34.0 Å². The van der Waals surface area contributed by atoms with E-state index in [1.54, 1.807) is 30.7 Å². The molecule has 0 unspecified atom stereocenters. The van der Waals surface area contributed by atoms with Gasteiger partial charge < -0.3 is 4.98 Å². The van der Waals surface area contributed by atoms with Crippen LogP contribution in [0.1, 0.15) is 0 Å². The number of aromatic nitrogens is 7. The third-order valence-corrected chi connectivity index (χ3v) is 5.11. The Morgan fingerprint density at radius 1 is 0.774 bits per heavy atom. The lowest BCUT2D eigenvalue weighted by Crippen LogP contribution is -1.88. The number of imidazole rings is 1. The third-order valence-electron chi connectivity index (χ3n) is 5.11. The first-order valence-corrected chi connectivity index (χ1v) is 9.63. The molecule has 8 heteroatoms. The molecule has 5 aromatic heterocycles. The summed E-state index contributed by atoms with van der Waals surface area (Å²) in [6, 6.07) is 15.8. The van der Waals surface area contributed by atoms with Crippen molar-refractivity contribution in [2.24, 2.45) is 0 Å². The number of benzene rings is 1. The number of H-pyrrole nitrogens is 2. The summed E-state index contributed by atoms with van der Waals surface area (Å²) >= 11 is 0. The van der Waals surface area contributed by atoms with Crippen LogP contribution in [-0.2, 0) is 0 Å². The molecule has 6 aromatic rings. The van der Waals surface area contributed by atoms with Gasteiger partial charge >= 0.3 is 0 Å². The van der Waals surface area contributed by atoms with Crippen LogP contribution < -0.4 is 0 Å². The lowest BCUT2D eigenvalue weighted by atomic mass is 10.1. The smallest absolute Gasteiger partial charge is 0.161 e. The van der Waals surface area contributed by atoms with Crippen LogP contribution in [0.4, 0.5) is 4.39 Å². The average Bonchev–Trinajstić information content (AvgIpc) is 3.43. The van der Waals surface area contributed by atoms with E-state index in [-0.39, 0.29) is 5.82 Å². The van der Waals surface area contributed by atoms with Gasteiger partial charge in [0.25, 0.3) is 0 Å². The van der Waals surface area contributed by atoms with Crippen molar-refractivity contribution >= 4 is 22.1 Å². The molecule has 0 spiro atoms. The van der Waals surface area contributed by atoms with Gasteiger partial charge in [-0.3, -0.25) is 15.1 Å². The Kier molecular flexibility index (Phi) is 3.82. The van der Waals surface area contributed by atoms with Crippen LogP contribution in [0, 0.1) is 5.82 Å². The number of nitrogens with one attached hydrogen (secondary N) is 2. The highest BCUT2D eigenvalue weighted by atomic mass is 19.1. The van der Waals surface area contributed by atoms with Gasteiger partial charge in [0.05, 0.1) is 34.1 Å². The maximum atomic E-state index is 13.3. The summed E-state index contributed by atoms with van der Waals surface area (Å²) in [4.78, 5) is 21.5. The Balaban J connectivity index is 1.51. The zero-order chi connectivity index (χ0) is 20.8. The second-order valence-electron chi connectivity index (χ2n) is 7.06. The molecule has 148 valence electrons. The van der Waals surface area contributed by atoms with E-state index in [1.165, 1.54) is 12.1 Å². The molecule has 0 bridgehead atoms. The lowest BCUT2D eigenvalue weighted by Gasteiger charge is -2.01. The molecular weight excluding hydrogens is 393 g/mol. The molecule has 0 aliphatic rings. The highest BCUT2D eigenvalue weighted by Crippen LogP contribution is 2.31. The lowest BCUT2D eigenvalue weighted by molar-refractivity contribution is 0.628. The molecule has 31 heavy (non-hydrogen) atoms. The summed E-state index contributed by atoms with van der Waals surface area (Å²) in [5.41, 5.74) is 6.76. The molecule has 5 heterocycles. The monoisotopic (exact) mass is 407 g/mol. The van der Waals surface area contributed by atoms with E-state index in [2.05, 4.69) is 25.1 Å². The molecule has 0 aliphatic heterocycles. The molecule has 6 rings (SSSR count). The highest BCUT2D eigenvalue weighted by molar-refractivity contribution is 5.95. The zero-order valence-electron chi connectivity index (χ0n) is 16.0. The van der Waals surface area contributed by atoms with Crippen molar-refractivity contribution in [2.45, 2.75) is 0 Å². The fourth-order valence-corrected chi connectivity index (χ4v) is 3.61. The van der Waals surface area contributed by atoms with E-state index in [1.807, 2.05) is 30.3 Å². The Morgan fingerprint density at radius 2 is 1.68 bits per heavy atom. The van der Waals surface area contributed by atoms with E-state index in [9.17, 15) is 4.39 Å². The second-order valence-corrected chi connectivity index (χ2v) is 7.06. The normalized spacial score (nSPS) is 11.4. The van der Waals surface area contributed by atoms with Crippen molar-refractivity contribution in [1.82, 2.24) is 35.1 Å². The molecular formula is C23H14FN7. The molecule has 0 saturated carbocycles. The summed E-state index contributed by atoms with van der Waals surface area (Å²) in [5.74, 6) is 0.285. The van der Waals surface area contributed by atoms with Gasteiger partial charge in [-0.15, -0.1) is 0 Å². The molecule has 0 fully saturated rings. The Hall–Kier alpha value is -4.46. The summed E-state index contributed by atoms with van der Waals surface area (Å²) in [7, 11) is 0. The predicted octanol–water partition coefficient (Wildman–Crippen LogP) is 4.76. The Morgan fingerprint density at radius 3 is 2.52 bits per heavy atom. The van der Waals surface area contributed by atoms with Crippen LogP contribution in [0.2, 0.25) is 0 Å². The molecule has 0 aliphatic carbocycles. The van der Waals surface area contributed by atoms with Crippen LogP contribution >= 0.6 is 0 Å². The largest absolute Gasteiger partial charge is 0.335 e. The second kappa shape index (κ2) is 6.81. The van der Waals surface area contributed by atoms with Crippen molar-refractivity contribution in [1.29, 1.82) is 0 Å². The average molecular weight is 407 g/mol. The molecule has 0 radical (unpaired) electrons. The minimum atomic E-state index is -0.288. The fraction of sp³-hybridized carbons (Fsp3) is 0. The number of rotatable bonds is 3. The minimum absolute atomic E-state index is 0.288. The van der Waals surface area contributed by atoms with Gasteiger partial charge in [-0.1, -0.05) is 18.2 Å². The highest BCUT2D eigenvalue weighted by Gasteiger charge is 2.17. The first-order chi connectivity index (χ1) is 15.3. The van der Waals surface area contributed by atoms with Gasteiger partial charge in [0, 0.05) is 18.0 Å². The number of halogens is 1. The molecule has 0 saturated heterocycles. The summed E-state index contributed by atoms with van der Waals surface area (Å²) < 4.78 is 13.3. The molecule has 2 N–H and O–H groups in total. The van der Waals surface area contributed by atoms with Crippen molar-refractivity contribution in [3.63, 3.8) is 0 Å². The fourth-order valence-electron chi connectivity index (χ4n) is 3.61. The van der Waals surface area contributed by atoms with Gasteiger partial charge in [0.2, 0.25) is 0 Å². The molecule has 0 atom stereocenters. The van der Waals surface area contributed by atoms with Crippen LogP contribution in [0.3, 0.4) is 0 Å². The van der Waals surface area contributed by atoms with Gasteiger partial charge in [0.1, 0.15) is 11.3 Å². The predicted molar refractivity (Wildman–Crippen MR) is 115 cm³/mol. The molecule has 1 aromatic carbocycles. The van der Waals surface area contributed by atoms with E-state index in [0.29, 0.717) is 17.0 Å². The van der Waals surface area contributed by atoms with E-state index >= 15 is 0 Å². The SMILES string of the molecule is Fc1ccc(-c2cncc3[nH]c(-c4n[nH]c5ccc(-c6ccccn6)nc45)nc23)cc1. The van der Waals surface area contributed by atoms with E-state index in [0.717, 1.165) is 39.1 Å². The standard InChI is InChI=1S/C23H14FN7/c24-14-6-4-13(5-7-14)15-11-25-12-19-20(15)29-23(28-19)22-21-18(30-31-22)9-8-17(27-21)16-3-1-2-10-26-16/h1-12H,(H,28,29)(H,30,31). The first kappa shape index (κ1) is 17.4. The number of nitrogens with zero attached hydrogens (tertiary/aromatic N) is 5. The number of hydrogen-bond donors (Lipinski definition) is 2. The quantitative estimate of drug-likeness (QED) is 0.441. The summed E-state index contributed by atoms with van der Waals surface area (Å²) in [5, 5.41) is 7.45. The van der Waals surface area contributed by atoms with Crippen LogP contribution in [0.25, 0.3) is 56.1 Å². The molecule has 0 amide bonds. The maximum Gasteiger partial charge on any atom is 0.161 e. The number of hydrogen-bond acceptors (Lipinski definition) is 5. The van der Waals surface area contributed by atoms with Gasteiger partial charge in [-0.25, -0.2) is 14.4 Å². The van der Waals surface area contributed by atoms with Gasteiger partial charge in [0.15, 0.2) is 11.5 Å². The first-order valence-electron chi connectivity index (χ1n) is 9.63. The third kappa shape index (κ3) is 2.93. The zero-order valence-corrected chi connectivity index (χ0v) is 16.0. The number of aromatic amines is 2. The van der Waals surface area contributed by atoms with E-state index < -0.39 is 0 Å². The molecule has 7 nitrogen and oxygen atoms in total. The summed E-state index contributed by atoms with van der Waals surface area (Å²) in [6.07, 6.45) is 5.17. The van der Waals surface area contributed by atoms with Crippen LogP contribution in [0.15, 0.2) is 73.2 Å². The van der Waals surface area contributed by atoms with Crippen molar-refractivity contribution in [2.75, 3.05) is 0 Å². The minimum Gasteiger partial charge on any atom is -0.335 e. The van der Waals surface area contributed by atoms with Crippen LogP contribution in [-0.4, -0.2) is 35.1 Å². The van der Waals surface area contributed by atoms with Crippen LogP contribution in [0.5, 0.6) is 0 Å². The topological polar surface area (TPSA) is 96.0 Å². The van der Waals surface area contributed by atoms with E-state index in [4.69, 9.17) is 9.97 Å². The summed E-state index contributed by atoms with van der Waals surface area (Å²) in [6.45, 7) is 0. The maximum absolute atomic E-state index is 13.3. The van der Waals surface area contributed by atoms with Crippen molar-refractivity contribution in [3.05, 3.63) is 79.0 Å². The number of pyridine rings is 3. The Bertz CT molecular complexity index is 1540. The van der Waals surface area contributed by atoms with Crippen molar-refractivity contribution < 1.29 is 4.39 Å². The van der Waals surface area contributed by atoms with Gasteiger partial charge in [-0.2, -0.15) is 5.10 Å².